The van der Waals surface area contributed by atoms with Crippen molar-refractivity contribution in [2.45, 2.75) is 122 Å². The predicted molar refractivity (Wildman–Crippen MR) is 175 cm³/mol. The van der Waals surface area contributed by atoms with Gasteiger partial charge in [0.15, 0.2) is 0 Å². The van der Waals surface area contributed by atoms with E-state index in [2.05, 4.69) is 11.9 Å². The summed E-state index contributed by atoms with van der Waals surface area (Å²) in [5, 5.41) is 9.48. The van der Waals surface area contributed by atoms with E-state index in [9.17, 15) is 19.4 Å². The molecule has 13 heteroatoms. The van der Waals surface area contributed by atoms with Crippen molar-refractivity contribution >= 4 is 35.0 Å². The van der Waals surface area contributed by atoms with Crippen LogP contribution in [-0.4, -0.2) is 56.7 Å². The molecule has 41 heavy (non-hydrogen) atoms. The number of hydrogen-bond acceptors (Lipinski definition) is 10. The minimum atomic E-state index is -3.95. The average Bonchev–Trinajstić information content (AvgIpc) is 2.93. The van der Waals surface area contributed by atoms with Crippen LogP contribution in [0.15, 0.2) is 17.1 Å². The first-order chi connectivity index (χ1) is 19.4. The summed E-state index contributed by atoms with van der Waals surface area (Å²) in [4.78, 5) is 25.4. The SMILES string of the molecule is CCCCCCCCCCCCCCCCSSCCCCOP(=O)(O)CO[C@H](CO)Cn1ccc(N)nc1=O.N. The molecule has 10 nitrogen and oxygen atoms in total. The summed E-state index contributed by atoms with van der Waals surface area (Å²) in [5.41, 5.74) is 4.88. The Balaban J connectivity index is 0.0000160. The molecule has 1 aromatic rings. The van der Waals surface area contributed by atoms with E-state index in [0.29, 0.717) is 6.42 Å². The summed E-state index contributed by atoms with van der Waals surface area (Å²) in [6, 6.07) is 1.45. The van der Waals surface area contributed by atoms with Gasteiger partial charge in [-0.15, -0.1) is 0 Å². The fourth-order valence-electron chi connectivity index (χ4n) is 4.14. The van der Waals surface area contributed by atoms with Crippen LogP contribution in [0.2, 0.25) is 0 Å². The highest BCUT2D eigenvalue weighted by Gasteiger charge is 2.22. The van der Waals surface area contributed by atoms with E-state index in [1.165, 1.54) is 112 Å². The zero-order valence-corrected chi connectivity index (χ0v) is 27.8. The zero-order valence-electron chi connectivity index (χ0n) is 25.3. The summed E-state index contributed by atoms with van der Waals surface area (Å²) in [6.07, 6.45) is 21.0. The summed E-state index contributed by atoms with van der Waals surface area (Å²) >= 11 is 0. The smallest absolute Gasteiger partial charge is 0.353 e. The molecule has 242 valence electrons. The summed E-state index contributed by atoms with van der Waals surface area (Å²) < 4.78 is 23.9. The molecular weight excluding hydrogens is 583 g/mol. The molecule has 0 radical (unpaired) electrons. The van der Waals surface area contributed by atoms with E-state index in [1.807, 2.05) is 21.6 Å². The van der Waals surface area contributed by atoms with E-state index in [1.54, 1.807) is 0 Å². The zero-order chi connectivity index (χ0) is 29.3. The molecule has 1 rings (SSSR count). The maximum atomic E-state index is 12.2. The third-order valence-electron chi connectivity index (χ3n) is 6.55. The van der Waals surface area contributed by atoms with Gasteiger partial charge in [-0.3, -0.25) is 9.13 Å². The van der Waals surface area contributed by atoms with Crippen molar-refractivity contribution in [3.63, 3.8) is 0 Å². The van der Waals surface area contributed by atoms with Crippen LogP contribution in [0.25, 0.3) is 0 Å². The van der Waals surface area contributed by atoms with Gasteiger partial charge in [0, 0.05) is 17.7 Å². The Morgan fingerprint density at radius 1 is 0.927 bits per heavy atom. The largest absolute Gasteiger partial charge is 0.394 e. The number of rotatable bonds is 28. The molecule has 0 saturated heterocycles. The molecule has 2 atom stereocenters. The fourth-order valence-corrected chi connectivity index (χ4v) is 7.33. The molecule has 0 bridgehead atoms. The number of nitrogens with two attached hydrogens (primary N) is 1. The number of aliphatic hydroxyl groups is 1. The lowest BCUT2D eigenvalue weighted by molar-refractivity contribution is 0.0167. The molecule has 0 aliphatic heterocycles. The normalized spacial score (nSPS) is 13.5. The maximum absolute atomic E-state index is 12.2. The lowest BCUT2D eigenvalue weighted by Crippen LogP contribution is -2.32. The monoisotopic (exact) mass is 640 g/mol. The van der Waals surface area contributed by atoms with Crippen LogP contribution in [0.5, 0.6) is 0 Å². The second-order valence-corrected chi connectivity index (χ2v) is 14.8. The number of nitrogen functional groups attached to an aromatic ring is 1. The lowest BCUT2D eigenvalue weighted by Gasteiger charge is -2.19. The highest BCUT2D eigenvalue weighted by atomic mass is 33.1. The molecule has 7 N–H and O–H groups in total. The lowest BCUT2D eigenvalue weighted by atomic mass is 10.0. The molecule has 1 heterocycles. The van der Waals surface area contributed by atoms with Crippen LogP contribution in [0.4, 0.5) is 5.82 Å². The van der Waals surface area contributed by atoms with Crippen LogP contribution in [0.3, 0.4) is 0 Å². The van der Waals surface area contributed by atoms with Gasteiger partial charge in [-0.05, 0) is 25.3 Å². The molecule has 0 aliphatic rings. The van der Waals surface area contributed by atoms with Crippen LogP contribution in [-0.2, 0) is 20.4 Å². The second-order valence-electron chi connectivity index (χ2n) is 10.3. The van der Waals surface area contributed by atoms with Gasteiger partial charge >= 0.3 is 13.3 Å². The maximum Gasteiger partial charge on any atom is 0.353 e. The molecule has 0 spiro atoms. The molecular formula is C28H57N4O6PS2. The van der Waals surface area contributed by atoms with Gasteiger partial charge in [0.2, 0.25) is 0 Å². The number of hydrogen-bond donors (Lipinski definition) is 4. The third-order valence-corrected chi connectivity index (χ3v) is 10.2. The Kier molecular flexibility index (Phi) is 26.6. The Morgan fingerprint density at radius 3 is 1.95 bits per heavy atom. The van der Waals surface area contributed by atoms with Gasteiger partial charge < -0.3 is 31.1 Å². The first kappa shape index (κ1) is 40.4. The molecule has 0 saturated carbocycles. The molecule has 0 aromatic carbocycles. The summed E-state index contributed by atoms with van der Waals surface area (Å²) in [6.45, 7) is 2.00. The Morgan fingerprint density at radius 2 is 1.44 bits per heavy atom. The summed E-state index contributed by atoms with van der Waals surface area (Å²) in [5.74, 6) is 2.25. The van der Waals surface area contributed by atoms with Gasteiger partial charge in [0.05, 0.1) is 25.9 Å². The van der Waals surface area contributed by atoms with Gasteiger partial charge in [-0.2, -0.15) is 4.98 Å². The van der Waals surface area contributed by atoms with Crippen LogP contribution in [0, 0.1) is 0 Å². The topological polar surface area (TPSA) is 172 Å². The first-order valence-corrected chi connectivity index (χ1v) is 19.4. The quantitative estimate of drug-likeness (QED) is 0.0416. The van der Waals surface area contributed by atoms with Crippen molar-refractivity contribution in [3.05, 3.63) is 22.7 Å². The van der Waals surface area contributed by atoms with Crippen LogP contribution < -0.4 is 17.6 Å². The number of nitrogens with zero attached hydrogens (tertiary/aromatic N) is 2. The van der Waals surface area contributed by atoms with E-state index < -0.39 is 32.3 Å². The number of aromatic nitrogens is 2. The minimum Gasteiger partial charge on any atom is -0.394 e. The summed E-state index contributed by atoms with van der Waals surface area (Å²) in [7, 11) is -0.185. The first-order valence-electron chi connectivity index (χ1n) is 15.1. The number of aliphatic hydroxyl groups excluding tert-OH is 1. The van der Waals surface area contributed by atoms with E-state index in [-0.39, 0.29) is 25.1 Å². The van der Waals surface area contributed by atoms with E-state index in [0.717, 1.165) is 12.2 Å². The highest BCUT2D eigenvalue weighted by Crippen LogP contribution is 2.42. The number of unbranched alkanes of at least 4 members (excludes halogenated alkanes) is 14. The van der Waals surface area contributed by atoms with Crippen LogP contribution in [0.1, 0.15) is 110 Å². The van der Waals surface area contributed by atoms with Gasteiger partial charge in [-0.25, -0.2) is 4.79 Å². The van der Waals surface area contributed by atoms with Gasteiger partial charge in [0.25, 0.3) is 0 Å². The highest BCUT2D eigenvalue weighted by molar-refractivity contribution is 8.76. The van der Waals surface area contributed by atoms with Crippen LogP contribution >= 0.6 is 29.2 Å². The average molecular weight is 641 g/mol. The van der Waals surface area contributed by atoms with E-state index in [4.69, 9.17) is 15.0 Å². The fraction of sp³-hybridized carbons (Fsp3) is 0.857. The molecule has 1 aromatic heterocycles. The number of anilines is 1. The third kappa shape index (κ3) is 23.5. The van der Waals surface area contributed by atoms with Crippen molar-refractivity contribution in [2.75, 3.05) is 36.8 Å². The van der Waals surface area contributed by atoms with Crippen molar-refractivity contribution in [1.82, 2.24) is 15.7 Å². The van der Waals surface area contributed by atoms with Gasteiger partial charge in [-0.1, -0.05) is 112 Å². The molecule has 1 unspecified atom stereocenters. The van der Waals surface area contributed by atoms with Crippen molar-refractivity contribution in [2.24, 2.45) is 0 Å². The predicted octanol–water partition coefficient (Wildman–Crippen LogP) is 7.17. The molecule has 0 amide bonds. The van der Waals surface area contributed by atoms with Gasteiger partial charge in [0.1, 0.15) is 12.2 Å². The Labute approximate surface area is 255 Å². The van der Waals surface area contributed by atoms with Crippen molar-refractivity contribution in [1.29, 1.82) is 0 Å². The number of ether oxygens (including phenoxy) is 1. The van der Waals surface area contributed by atoms with Crippen molar-refractivity contribution in [3.8, 4) is 0 Å². The molecule has 0 aliphatic carbocycles. The minimum absolute atomic E-state index is 0. The van der Waals surface area contributed by atoms with E-state index >= 15 is 0 Å². The standard InChI is InChI=1S/C28H54N3O6PS2.H3N/c1-2-3-4-5-6-7-8-9-10-11-12-13-14-16-21-39-40-22-17-15-20-37-38(34,35)25-36-26(24-32)23-31-19-18-27(29)30-28(31)33;/h18-19,26,32H,2-17,20-25H2,1H3,(H,34,35)(H2,29,30,33);1H3/t26-;/m0./s1. The van der Waals surface area contributed by atoms with Crippen molar-refractivity contribution < 1.29 is 23.8 Å². The Hall–Kier alpha value is -0.590. The second kappa shape index (κ2) is 27.0. The molecule has 0 fully saturated rings. The Bertz CT molecular complexity index is 852.